The van der Waals surface area contributed by atoms with Gasteiger partial charge in [-0.3, -0.25) is 4.79 Å². The average molecular weight is 268 g/mol. The highest BCUT2D eigenvalue weighted by molar-refractivity contribution is 5.88. The molecule has 0 aliphatic heterocycles. The summed E-state index contributed by atoms with van der Waals surface area (Å²) in [4.78, 5) is 12.2. The number of rotatable bonds is 0. The van der Waals surface area contributed by atoms with Gasteiger partial charge in [-0.2, -0.15) is 0 Å². The Morgan fingerprint density at radius 1 is 1.30 bits per heavy atom. The van der Waals surface area contributed by atoms with E-state index in [0.29, 0.717) is 23.4 Å². The largest absolute Gasteiger partial charge is 0.508 e. The van der Waals surface area contributed by atoms with Gasteiger partial charge in [-0.25, -0.2) is 0 Å². The molecule has 2 saturated carbocycles. The van der Waals surface area contributed by atoms with E-state index in [4.69, 9.17) is 0 Å². The third kappa shape index (κ3) is 1.48. The maximum atomic E-state index is 12.2. The van der Waals surface area contributed by atoms with Crippen molar-refractivity contribution in [3.05, 3.63) is 41.0 Å². The Labute approximate surface area is 119 Å². The number of hydrogen-bond donors (Lipinski definition) is 1. The summed E-state index contributed by atoms with van der Waals surface area (Å²) in [6, 6.07) is 5.79. The van der Waals surface area contributed by atoms with Crippen molar-refractivity contribution in [2.45, 2.75) is 44.9 Å². The van der Waals surface area contributed by atoms with Crippen molar-refractivity contribution in [1.82, 2.24) is 0 Å². The van der Waals surface area contributed by atoms with Crippen LogP contribution in [-0.4, -0.2) is 10.9 Å². The fraction of sp³-hybridized carbons (Fsp3) is 0.500. The first-order valence-electron chi connectivity index (χ1n) is 7.64. The smallest absolute Gasteiger partial charge is 0.139 e. The van der Waals surface area contributed by atoms with E-state index in [2.05, 4.69) is 19.1 Å². The minimum Gasteiger partial charge on any atom is -0.508 e. The second kappa shape index (κ2) is 3.97. The SMILES string of the molecule is C[C@]12CC[C@@H]3C(=CCc4cc(O)ccc43)[C@H]1CCC2=O. The van der Waals surface area contributed by atoms with Gasteiger partial charge in [-0.1, -0.05) is 24.6 Å². The number of phenolic OH excluding ortho intramolecular Hbond substituents is 1. The molecule has 3 aliphatic rings. The first kappa shape index (κ1) is 12.2. The van der Waals surface area contributed by atoms with Crippen molar-refractivity contribution in [2.24, 2.45) is 11.3 Å². The highest BCUT2D eigenvalue weighted by Gasteiger charge is 2.52. The number of Topliss-reactive ketones (excluding diaryl/α,β-unsaturated/α-hetero) is 1. The number of phenols is 1. The molecule has 104 valence electrons. The van der Waals surface area contributed by atoms with E-state index in [9.17, 15) is 9.90 Å². The summed E-state index contributed by atoms with van der Waals surface area (Å²) < 4.78 is 0. The highest BCUT2D eigenvalue weighted by Crippen LogP contribution is 2.57. The van der Waals surface area contributed by atoms with Gasteiger partial charge in [-0.05, 0) is 54.9 Å². The van der Waals surface area contributed by atoms with Gasteiger partial charge in [0.05, 0.1) is 0 Å². The molecule has 0 amide bonds. The first-order chi connectivity index (χ1) is 9.59. The Balaban J connectivity index is 1.77. The number of carbonyl (C=O) groups is 1. The van der Waals surface area contributed by atoms with E-state index in [1.54, 1.807) is 6.07 Å². The number of carbonyl (C=O) groups excluding carboxylic acids is 1. The maximum absolute atomic E-state index is 12.2. The van der Waals surface area contributed by atoms with Crippen molar-refractivity contribution in [1.29, 1.82) is 0 Å². The highest BCUT2D eigenvalue weighted by atomic mass is 16.3. The summed E-state index contributed by atoms with van der Waals surface area (Å²) in [5.74, 6) is 1.76. The lowest BCUT2D eigenvalue weighted by Crippen LogP contribution is -2.37. The molecule has 0 spiro atoms. The van der Waals surface area contributed by atoms with Crippen LogP contribution in [-0.2, 0) is 11.2 Å². The zero-order valence-electron chi connectivity index (χ0n) is 11.9. The summed E-state index contributed by atoms with van der Waals surface area (Å²) in [6.45, 7) is 2.18. The molecule has 0 heterocycles. The maximum Gasteiger partial charge on any atom is 0.139 e. The van der Waals surface area contributed by atoms with Crippen LogP contribution < -0.4 is 0 Å². The normalized spacial score (nSPS) is 35.0. The van der Waals surface area contributed by atoms with Crippen molar-refractivity contribution in [3.63, 3.8) is 0 Å². The van der Waals surface area contributed by atoms with E-state index in [1.165, 1.54) is 16.7 Å². The third-order valence-corrected chi connectivity index (χ3v) is 5.88. The van der Waals surface area contributed by atoms with Gasteiger partial charge in [0.25, 0.3) is 0 Å². The van der Waals surface area contributed by atoms with Gasteiger partial charge in [0.15, 0.2) is 0 Å². The number of aromatic hydroxyl groups is 1. The molecule has 0 aromatic heterocycles. The number of benzene rings is 1. The first-order valence-corrected chi connectivity index (χ1v) is 7.64. The predicted molar refractivity (Wildman–Crippen MR) is 77.7 cm³/mol. The van der Waals surface area contributed by atoms with Crippen LogP contribution in [0.4, 0.5) is 0 Å². The number of ketones is 1. The quantitative estimate of drug-likeness (QED) is 0.728. The lowest BCUT2D eigenvalue weighted by molar-refractivity contribution is -0.126. The van der Waals surface area contributed by atoms with Crippen molar-refractivity contribution >= 4 is 5.78 Å². The molecule has 0 unspecified atom stereocenters. The fourth-order valence-electron chi connectivity index (χ4n) is 4.73. The second-order valence-electron chi connectivity index (χ2n) is 6.81. The van der Waals surface area contributed by atoms with Crippen LogP contribution in [0.3, 0.4) is 0 Å². The van der Waals surface area contributed by atoms with Crippen LogP contribution in [0.1, 0.15) is 49.7 Å². The summed E-state index contributed by atoms with van der Waals surface area (Å²) in [7, 11) is 0. The van der Waals surface area contributed by atoms with Gasteiger partial charge in [0, 0.05) is 17.8 Å². The van der Waals surface area contributed by atoms with Crippen molar-refractivity contribution < 1.29 is 9.90 Å². The minimum absolute atomic E-state index is 0.100. The predicted octanol–water partition coefficient (Wildman–Crippen LogP) is 3.74. The molecule has 1 aromatic carbocycles. The molecule has 4 rings (SSSR count). The van der Waals surface area contributed by atoms with E-state index in [0.717, 1.165) is 32.1 Å². The summed E-state index contributed by atoms with van der Waals surface area (Å²) in [5.41, 5.74) is 4.03. The number of fused-ring (bicyclic) bond motifs is 5. The Morgan fingerprint density at radius 3 is 3.00 bits per heavy atom. The van der Waals surface area contributed by atoms with Crippen molar-refractivity contribution in [2.75, 3.05) is 0 Å². The Hall–Kier alpha value is -1.57. The monoisotopic (exact) mass is 268 g/mol. The van der Waals surface area contributed by atoms with E-state index in [-0.39, 0.29) is 5.41 Å². The molecule has 1 N–H and O–H groups in total. The second-order valence-corrected chi connectivity index (χ2v) is 6.81. The van der Waals surface area contributed by atoms with Crippen LogP contribution >= 0.6 is 0 Å². The Kier molecular flexibility index (Phi) is 2.42. The van der Waals surface area contributed by atoms with Gasteiger partial charge in [0.2, 0.25) is 0 Å². The molecule has 0 saturated heterocycles. The molecule has 20 heavy (non-hydrogen) atoms. The number of hydrogen-bond acceptors (Lipinski definition) is 2. The van der Waals surface area contributed by atoms with Gasteiger partial charge in [0.1, 0.15) is 11.5 Å². The van der Waals surface area contributed by atoms with E-state index < -0.39 is 0 Å². The summed E-state index contributed by atoms with van der Waals surface area (Å²) in [5, 5.41) is 9.64. The van der Waals surface area contributed by atoms with E-state index in [1.807, 2.05) is 6.07 Å². The van der Waals surface area contributed by atoms with Crippen LogP contribution in [0.15, 0.2) is 29.8 Å². The van der Waals surface area contributed by atoms with Crippen LogP contribution in [0.25, 0.3) is 0 Å². The lowest BCUT2D eigenvalue weighted by Gasteiger charge is -2.43. The van der Waals surface area contributed by atoms with E-state index >= 15 is 0 Å². The molecule has 3 atom stereocenters. The molecule has 3 aliphatic carbocycles. The molecule has 2 nitrogen and oxygen atoms in total. The summed E-state index contributed by atoms with van der Waals surface area (Å²) in [6.07, 6.45) is 7.11. The Bertz CT molecular complexity index is 628. The minimum atomic E-state index is -0.100. The molecule has 2 fully saturated rings. The van der Waals surface area contributed by atoms with Gasteiger partial charge < -0.3 is 5.11 Å². The topological polar surface area (TPSA) is 37.3 Å². The third-order valence-electron chi connectivity index (χ3n) is 5.88. The summed E-state index contributed by atoms with van der Waals surface area (Å²) >= 11 is 0. The zero-order chi connectivity index (χ0) is 13.9. The fourth-order valence-corrected chi connectivity index (χ4v) is 4.73. The van der Waals surface area contributed by atoms with Crippen LogP contribution in [0.5, 0.6) is 5.75 Å². The lowest BCUT2D eigenvalue weighted by atomic mass is 9.60. The molecule has 0 bridgehead atoms. The average Bonchev–Trinajstić information content (AvgIpc) is 2.74. The zero-order valence-corrected chi connectivity index (χ0v) is 11.9. The standard InChI is InChI=1S/C18H20O2/c1-18-9-8-14-13-5-3-12(19)10-11(13)2-4-15(14)16(18)6-7-17(18)20/h3-5,10,14,16,19H,2,6-9H2,1H3/t14-,16+,18-/m0/s1. The molecule has 2 heteroatoms. The number of allylic oxidation sites excluding steroid dienone is 2. The molecular weight excluding hydrogens is 248 g/mol. The van der Waals surface area contributed by atoms with Gasteiger partial charge in [-0.15, -0.1) is 0 Å². The molecule has 1 aromatic rings. The van der Waals surface area contributed by atoms with Crippen LogP contribution in [0.2, 0.25) is 0 Å². The molecule has 0 radical (unpaired) electrons. The molecular formula is C18H20O2. The Morgan fingerprint density at radius 2 is 2.15 bits per heavy atom. The van der Waals surface area contributed by atoms with Gasteiger partial charge >= 0.3 is 0 Å². The van der Waals surface area contributed by atoms with Crippen LogP contribution in [0, 0.1) is 11.3 Å². The van der Waals surface area contributed by atoms with Crippen molar-refractivity contribution in [3.8, 4) is 5.75 Å².